The highest BCUT2D eigenvalue weighted by Crippen LogP contribution is 2.31. The van der Waals surface area contributed by atoms with E-state index in [-0.39, 0.29) is 36.0 Å². The molecule has 0 bridgehead atoms. The van der Waals surface area contributed by atoms with E-state index in [2.05, 4.69) is 18.9 Å². The van der Waals surface area contributed by atoms with E-state index in [1.165, 1.54) is 12.1 Å². The number of hydrogen-bond acceptors (Lipinski definition) is 4. The van der Waals surface area contributed by atoms with Crippen LogP contribution in [-0.2, 0) is 9.53 Å². The summed E-state index contributed by atoms with van der Waals surface area (Å²) in [5.74, 6) is -0.429. The van der Waals surface area contributed by atoms with Gasteiger partial charge in [-0.1, -0.05) is 26.7 Å². The van der Waals surface area contributed by atoms with Gasteiger partial charge in [0.25, 0.3) is 0 Å². The third-order valence-corrected chi connectivity index (χ3v) is 6.23. The summed E-state index contributed by atoms with van der Waals surface area (Å²) in [5.41, 5.74) is 1.79. The molecule has 0 saturated carbocycles. The summed E-state index contributed by atoms with van der Waals surface area (Å²) in [6.45, 7) is 7.60. The Kier molecular flexibility index (Phi) is 8.42. The first-order valence-electron chi connectivity index (χ1n) is 11.8. The lowest BCUT2D eigenvalue weighted by molar-refractivity contribution is -0.137. The summed E-state index contributed by atoms with van der Waals surface area (Å²) in [7, 11) is 0. The van der Waals surface area contributed by atoms with Gasteiger partial charge in [0.2, 0.25) is 5.91 Å². The molecule has 1 amide bonds. The van der Waals surface area contributed by atoms with E-state index in [1.807, 2.05) is 9.58 Å². The van der Waals surface area contributed by atoms with Gasteiger partial charge < -0.3 is 9.64 Å². The number of carbonyl (C=O) groups excluding carboxylic acids is 2. The number of benzene rings is 1. The van der Waals surface area contributed by atoms with Gasteiger partial charge in [0.1, 0.15) is 5.82 Å². The number of halogens is 1. The Morgan fingerprint density at radius 2 is 1.84 bits per heavy atom. The van der Waals surface area contributed by atoms with Gasteiger partial charge in [-0.3, -0.25) is 9.48 Å². The molecule has 1 fully saturated rings. The molecule has 1 aliphatic rings. The van der Waals surface area contributed by atoms with Crippen LogP contribution >= 0.6 is 0 Å². The van der Waals surface area contributed by atoms with Crippen LogP contribution in [-0.4, -0.2) is 46.3 Å². The maximum Gasteiger partial charge on any atom is 0.358 e. The van der Waals surface area contributed by atoms with Crippen molar-refractivity contribution in [2.75, 3.05) is 19.7 Å². The van der Waals surface area contributed by atoms with Crippen LogP contribution in [0.15, 0.2) is 30.3 Å². The third kappa shape index (κ3) is 5.56. The van der Waals surface area contributed by atoms with E-state index >= 15 is 0 Å². The summed E-state index contributed by atoms with van der Waals surface area (Å²) < 4.78 is 20.4. The van der Waals surface area contributed by atoms with E-state index in [1.54, 1.807) is 25.1 Å². The Labute approximate surface area is 189 Å². The highest BCUT2D eigenvalue weighted by molar-refractivity contribution is 5.88. The predicted octanol–water partition coefficient (Wildman–Crippen LogP) is 5.25. The van der Waals surface area contributed by atoms with Crippen LogP contribution in [0.4, 0.5) is 4.39 Å². The van der Waals surface area contributed by atoms with E-state index < -0.39 is 5.97 Å². The highest BCUT2D eigenvalue weighted by Gasteiger charge is 2.30. The molecular weight excluding hydrogens is 409 g/mol. The summed E-state index contributed by atoms with van der Waals surface area (Å²) in [4.78, 5) is 27.3. The molecule has 0 N–H and O–H groups in total. The van der Waals surface area contributed by atoms with Crippen molar-refractivity contribution in [3.8, 4) is 11.3 Å². The van der Waals surface area contributed by atoms with Crippen LogP contribution in [0.3, 0.4) is 0 Å². The predicted molar refractivity (Wildman–Crippen MR) is 122 cm³/mol. The molecule has 1 saturated heterocycles. The molecule has 6 nitrogen and oxygen atoms in total. The molecule has 1 aliphatic heterocycles. The molecule has 7 heteroatoms. The second-order valence-corrected chi connectivity index (χ2v) is 8.39. The number of rotatable bonds is 9. The van der Waals surface area contributed by atoms with Crippen molar-refractivity contribution in [1.29, 1.82) is 0 Å². The number of aromatic nitrogens is 2. The zero-order chi connectivity index (χ0) is 23.1. The Hall–Kier alpha value is -2.70. The maximum absolute atomic E-state index is 13.4. The van der Waals surface area contributed by atoms with Crippen LogP contribution in [0.1, 0.15) is 75.8 Å². The smallest absolute Gasteiger partial charge is 0.358 e. The van der Waals surface area contributed by atoms with Gasteiger partial charge in [0.15, 0.2) is 5.69 Å². The van der Waals surface area contributed by atoms with Crippen molar-refractivity contribution in [2.24, 2.45) is 5.92 Å². The zero-order valence-corrected chi connectivity index (χ0v) is 19.3. The molecule has 1 atom stereocenters. The van der Waals surface area contributed by atoms with Crippen molar-refractivity contribution in [1.82, 2.24) is 14.7 Å². The lowest BCUT2D eigenvalue weighted by atomic mass is 9.95. The summed E-state index contributed by atoms with van der Waals surface area (Å²) >= 11 is 0. The monoisotopic (exact) mass is 443 g/mol. The molecule has 32 heavy (non-hydrogen) atoms. The van der Waals surface area contributed by atoms with Gasteiger partial charge in [0.05, 0.1) is 18.3 Å². The minimum atomic E-state index is -0.469. The summed E-state index contributed by atoms with van der Waals surface area (Å²) in [6, 6.07) is 7.95. The van der Waals surface area contributed by atoms with Crippen molar-refractivity contribution < 1.29 is 18.7 Å². The molecule has 174 valence electrons. The Bertz CT molecular complexity index is 902. The number of amides is 1. The first-order valence-corrected chi connectivity index (χ1v) is 11.8. The maximum atomic E-state index is 13.4. The van der Waals surface area contributed by atoms with E-state index in [9.17, 15) is 14.0 Å². The second-order valence-electron chi connectivity index (χ2n) is 8.39. The standard InChI is InChI=1S/C25H34FN3O3/c1-4-7-8-18(5-2)24(30)28-15-13-21(14-16-28)29-23(19-9-11-20(26)12-10-19)17-22(27-29)25(31)32-6-3/h9-12,17-18,21H,4-8,13-16H2,1-3H3/t18-/m1/s1. The third-order valence-electron chi connectivity index (χ3n) is 6.23. The largest absolute Gasteiger partial charge is 0.461 e. The molecule has 1 aromatic carbocycles. The Balaban J connectivity index is 1.78. The number of nitrogens with zero attached hydrogens (tertiary/aromatic N) is 3. The Morgan fingerprint density at radius 3 is 2.44 bits per heavy atom. The molecule has 2 aromatic rings. The number of hydrogen-bond donors (Lipinski definition) is 0. The summed E-state index contributed by atoms with van der Waals surface area (Å²) in [6.07, 6.45) is 5.51. The minimum absolute atomic E-state index is 0.0537. The van der Waals surface area contributed by atoms with Crippen LogP contribution in [0.25, 0.3) is 11.3 Å². The lowest BCUT2D eigenvalue weighted by Crippen LogP contribution is -2.42. The number of likely N-dealkylation sites (tertiary alicyclic amines) is 1. The fraction of sp³-hybridized carbons (Fsp3) is 0.560. The van der Waals surface area contributed by atoms with Gasteiger partial charge in [0, 0.05) is 24.6 Å². The second kappa shape index (κ2) is 11.2. The zero-order valence-electron chi connectivity index (χ0n) is 19.3. The van der Waals surface area contributed by atoms with E-state index in [0.29, 0.717) is 13.1 Å². The molecular formula is C25H34FN3O3. The number of esters is 1. The van der Waals surface area contributed by atoms with Gasteiger partial charge in [-0.2, -0.15) is 5.10 Å². The fourth-order valence-corrected chi connectivity index (χ4v) is 4.36. The van der Waals surface area contributed by atoms with Crippen LogP contribution in [0, 0.1) is 11.7 Å². The van der Waals surface area contributed by atoms with Crippen molar-refractivity contribution in [3.05, 3.63) is 41.8 Å². The van der Waals surface area contributed by atoms with Crippen molar-refractivity contribution in [2.45, 2.75) is 65.3 Å². The van der Waals surface area contributed by atoms with Crippen molar-refractivity contribution >= 4 is 11.9 Å². The lowest BCUT2D eigenvalue weighted by Gasteiger charge is -2.34. The normalized spacial score (nSPS) is 15.6. The van der Waals surface area contributed by atoms with Crippen LogP contribution in [0.2, 0.25) is 0 Å². The molecule has 1 aromatic heterocycles. The quantitative estimate of drug-likeness (QED) is 0.497. The van der Waals surface area contributed by atoms with Crippen LogP contribution < -0.4 is 0 Å². The molecule has 0 radical (unpaired) electrons. The number of unbranched alkanes of at least 4 members (excludes halogenated alkanes) is 1. The van der Waals surface area contributed by atoms with E-state index in [4.69, 9.17) is 4.74 Å². The van der Waals surface area contributed by atoms with Gasteiger partial charge in [-0.15, -0.1) is 0 Å². The molecule has 0 spiro atoms. The SMILES string of the molecule is CCCC[C@@H](CC)C(=O)N1CCC(n2nc(C(=O)OCC)cc2-c2ccc(F)cc2)CC1. The van der Waals surface area contributed by atoms with Gasteiger partial charge >= 0.3 is 5.97 Å². The number of carbonyl (C=O) groups is 2. The minimum Gasteiger partial charge on any atom is -0.461 e. The topological polar surface area (TPSA) is 64.4 Å². The number of ether oxygens (including phenoxy) is 1. The van der Waals surface area contributed by atoms with Gasteiger partial charge in [-0.25, -0.2) is 9.18 Å². The van der Waals surface area contributed by atoms with E-state index in [0.717, 1.165) is 49.8 Å². The molecule has 0 aliphatic carbocycles. The first-order chi connectivity index (χ1) is 15.5. The number of piperidine rings is 1. The molecule has 3 rings (SSSR count). The fourth-order valence-electron chi connectivity index (χ4n) is 4.36. The van der Waals surface area contributed by atoms with Crippen molar-refractivity contribution in [3.63, 3.8) is 0 Å². The summed E-state index contributed by atoms with van der Waals surface area (Å²) in [5, 5.41) is 4.56. The molecule has 0 unspecified atom stereocenters. The average molecular weight is 444 g/mol. The van der Waals surface area contributed by atoms with Gasteiger partial charge in [-0.05, 0) is 62.9 Å². The molecule has 2 heterocycles. The average Bonchev–Trinajstić information content (AvgIpc) is 3.26. The highest BCUT2D eigenvalue weighted by atomic mass is 19.1. The Morgan fingerprint density at radius 1 is 1.16 bits per heavy atom. The van der Waals surface area contributed by atoms with Crippen LogP contribution in [0.5, 0.6) is 0 Å². The first kappa shape index (κ1) is 24.0.